The van der Waals surface area contributed by atoms with Gasteiger partial charge in [0.15, 0.2) is 0 Å². The third kappa shape index (κ3) is 8.57. The summed E-state index contributed by atoms with van der Waals surface area (Å²) in [5, 5.41) is 2.71. The molecule has 0 bridgehead atoms. The van der Waals surface area contributed by atoms with Gasteiger partial charge in [0.05, 0.1) is 5.69 Å². The third-order valence-corrected chi connectivity index (χ3v) is 4.91. The highest BCUT2D eigenvalue weighted by Gasteiger charge is 2.10. The second-order valence-corrected chi connectivity index (χ2v) is 7.39. The molecule has 2 aromatic carbocycles. The van der Waals surface area contributed by atoms with Crippen molar-refractivity contribution in [3.8, 4) is 5.75 Å². The van der Waals surface area contributed by atoms with Gasteiger partial charge in [0.2, 0.25) is 0 Å². The number of anilines is 1. The van der Waals surface area contributed by atoms with E-state index in [9.17, 15) is 4.79 Å². The molecule has 0 unspecified atom stereocenters. The average Bonchev–Trinajstić information content (AvgIpc) is 2.73. The number of carbonyl (C=O) groups excluding carboxylic acids is 1. The Morgan fingerprint density at radius 1 is 0.966 bits per heavy atom. The molecule has 158 valence electrons. The van der Waals surface area contributed by atoms with Crippen LogP contribution < -0.4 is 15.8 Å². The SMILES string of the molecule is CCCCN(CCCC)CCc1ccc(OCc2ccccc2)c(NC(N)=O)c1. The van der Waals surface area contributed by atoms with Gasteiger partial charge in [0.25, 0.3) is 0 Å². The van der Waals surface area contributed by atoms with Crippen molar-refractivity contribution >= 4 is 11.7 Å². The Hall–Kier alpha value is -2.53. The molecule has 0 aliphatic rings. The zero-order valence-corrected chi connectivity index (χ0v) is 17.8. The number of carbonyl (C=O) groups is 1. The van der Waals surface area contributed by atoms with Crippen LogP contribution in [-0.4, -0.2) is 30.6 Å². The minimum Gasteiger partial charge on any atom is -0.487 e. The van der Waals surface area contributed by atoms with E-state index in [1.165, 1.54) is 31.2 Å². The van der Waals surface area contributed by atoms with Crippen molar-refractivity contribution in [1.82, 2.24) is 4.90 Å². The maximum Gasteiger partial charge on any atom is 0.316 e. The van der Waals surface area contributed by atoms with Crippen LogP contribution >= 0.6 is 0 Å². The van der Waals surface area contributed by atoms with Gasteiger partial charge in [-0.2, -0.15) is 0 Å². The number of hydrogen-bond acceptors (Lipinski definition) is 3. The summed E-state index contributed by atoms with van der Waals surface area (Å²) in [4.78, 5) is 14.0. The van der Waals surface area contributed by atoms with Gasteiger partial charge in [-0.15, -0.1) is 0 Å². The predicted octanol–water partition coefficient (Wildman–Crippen LogP) is 5.20. The summed E-state index contributed by atoms with van der Waals surface area (Å²) in [6.45, 7) is 8.19. The van der Waals surface area contributed by atoms with Gasteiger partial charge in [-0.25, -0.2) is 4.79 Å². The molecule has 0 saturated carbocycles. The van der Waals surface area contributed by atoms with Crippen molar-refractivity contribution in [2.45, 2.75) is 52.6 Å². The van der Waals surface area contributed by atoms with Crippen LogP contribution in [0.1, 0.15) is 50.7 Å². The van der Waals surface area contributed by atoms with E-state index in [0.29, 0.717) is 18.0 Å². The molecular formula is C24H35N3O2. The summed E-state index contributed by atoms with van der Waals surface area (Å²) in [6.07, 6.45) is 5.81. The van der Waals surface area contributed by atoms with Crippen molar-refractivity contribution in [3.05, 3.63) is 59.7 Å². The summed E-state index contributed by atoms with van der Waals surface area (Å²) in [6, 6.07) is 15.3. The first-order chi connectivity index (χ1) is 14.1. The molecule has 5 heteroatoms. The molecule has 0 fully saturated rings. The first kappa shape index (κ1) is 22.8. The minimum atomic E-state index is -0.584. The minimum absolute atomic E-state index is 0.440. The van der Waals surface area contributed by atoms with Crippen molar-refractivity contribution < 1.29 is 9.53 Å². The Morgan fingerprint density at radius 3 is 2.28 bits per heavy atom. The number of primary amides is 1. The molecule has 0 aliphatic heterocycles. The topological polar surface area (TPSA) is 67.6 Å². The van der Waals surface area contributed by atoms with Gasteiger partial charge in [0, 0.05) is 6.54 Å². The van der Waals surface area contributed by atoms with Crippen LogP contribution in [0.5, 0.6) is 5.75 Å². The number of nitrogens with one attached hydrogen (secondary N) is 1. The van der Waals surface area contributed by atoms with Crippen LogP contribution in [0.3, 0.4) is 0 Å². The number of unbranched alkanes of at least 4 members (excludes halogenated alkanes) is 2. The van der Waals surface area contributed by atoms with Crippen molar-refractivity contribution in [2.24, 2.45) is 5.73 Å². The number of rotatable bonds is 13. The number of amides is 2. The smallest absolute Gasteiger partial charge is 0.316 e. The molecule has 0 aromatic heterocycles. The Morgan fingerprint density at radius 2 is 1.66 bits per heavy atom. The Bertz CT molecular complexity index is 726. The lowest BCUT2D eigenvalue weighted by Crippen LogP contribution is -2.28. The highest BCUT2D eigenvalue weighted by molar-refractivity contribution is 5.89. The molecule has 0 radical (unpaired) electrons. The van der Waals surface area contributed by atoms with Gasteiger partial charge in [-0.05, 0) is 55.6 Å². The molecule has 5 nitrogen and oxygen atoms in total. The molecule has 29 heavy (non-hydrogen) atoms. The van der Waals surface area contributed by atoms with E-state index in [0.717, 1.165) is 31.6 Å². The second kappa shape index (κ2) is 12.8. The van der Waals surface area contributed by atoms with E-state index >= 15 is 0 Å². The van der Waals surface area contributed by atoms with Crippen molar-refractivity contribution in [3.63, 3.8) is 0 Å². The van der Waals surface area contributed by atoms with E-state index in [1.807, 2.05) is 42.5 Å². The van der Waals surface area contributed by atoms with Crippen LogP contribution in [0.25, 0.3) is 0 Å². The fourth-order valence-corrected chi connectivity index (χ4v) is 3.21. The molecule has 2 rings (SSSR count). The number of nitrogens with two attached hydrogens (primary N) is 1. The van der Waals surface area contributed by atoms with Crippen LogP contribution in [0.4, 0.5) is 10.5 Å². The Balaban J connectivity index is 2.03. The number of ether oxygens (including phenoxy) is 1. The number of nitrogens with zero attached hydrogens (tertiary/aromatic N) is 1. The van der Waals surface area contributed by atoms with Crippen LogP contribution in [0.2, 0.25) is 0 Å². The van der Waals surface area contributed by atoms with Gasteiger partial charge in [-0.1, -0.05) is 63.1 Å². The summed E-state index contributed by atoms with van der Waals surface area (Å²) in [7, 11) is 0. The zero-order chi connectivity index (χ0) is 20.9. The monoisotopic (exact) mass is 397 g/mol. The van der Waals surface area contributed by atoms with Crippen LogP contribution in [-0.2, 0) is 13.0 Å². The molecule has 0 atom stereocenters. The summed E-state index contributed by atoms with van der Waals surface area (Å²) < 4.78 is 5.93. The van der Waals surface area contributed by atoms with Gasteiger partial charge in [0.1, 0.15) is 12.4 Å². The molecule has 0 heterocycles. The summed E-state index contributed by atoms with van der Waals surface area (Å²) >= 11 is 0. The first-order valence-corrected chi connectivity index (χ1v) is 10.7. The fraction of sp³-hybridized carbons (Fsp3) is 0.458. The van der Waals surface area contributed by atoms with E-state index in [-0.39, 0.29) is 0 Å². The first-order valence-electron chi connectivity index (χ1n) is 10.7. The lowest BCUT2D eigenvalue weighted by atomic mass is 10.1. The maximum atomic E-state index is 11.5. The van der Waals surface area contributed by atoms with Crippen molar-refractivity contribution in [2.75, 3.05) is 25.0 Å². The lowest BCUT2D eigenvalue weighted by molar-refractivity contribution is 0.259. The molecule has 0 aliphatic carbocycles. The van der Waals surface area contributed by atoms with Crippen molar-refractivity contribution in [1.29, 1.82) is 0 Å². The highest BCUT2D eigenvalue weighted by Crippen LogP contribution is 2.27. The van der Waals surface area contributed by atoms with Gasteiger partial charge >= 0.3 is 6.03 Å². The Labute approximate surface area is 175 Å². The molecule has 0 spiro atoms. The number of benzene rings is 2. The molecule has 0 saturated heterocycles. The number of hydrogen-bond donors (Lipinski definition) is 2. The molecule has 2 amide bonds. The standard InChI is InChI=1S/C24H35N3O2/c1-3-5-15-27(16-6-4-2)17-14-20-12-13-23(22(18-20)26-24(25)28)29-19-21-10-8-7-9-11-21/h7-13,18H,3-6,14-17,19H2,1-2H3,(H3,25,26,28). The summed E-state index contributed by atoms with van der Waals surface area (Å²) in [5.41, 5.74) is 8.23. The van der Waals surface area contributed by atoms with E-state index < -0.39 is 6.03 Å². The normalized spacial score (nSPS) is 10.9. The average molecular weight is 398 g/mol. The second-order valence-electron chi connectivity index (χ2n) is 7.39. The zero-order valence-electron chi connectivity index (χ0n) is 17.8. The van der Waals surface area contributed by atoms with Crippen LogP contribution in [0.15, 0.2) is 48.5 Å². The summed E-state index contributed by atoms with van der Waals surface area (Å²) in [5.74, 6) is 0.630. The van der Waals surface area contributed by atoms with Gasteiger partial charge in [-0.3, -0.25) is 0 Å². The van der Waals surface area contributed by atoms with Crippen LogP contribution in [0, 0.1) is 0 Å². The van der Waals surface area contributed by atoms with Gasteiger partial charge < -0.3 is 20.7 Å². The molecule has 2 aromatic rings. The fourth-order valence-electron chi connectivity index (χ4n) is 3.21. The quantitative estimate of drug-likeness (QED) is 0.488. The predicted molar refractivity (Wildman–Crippen MR) is 120 cm³/mol. The third-order valence-electron chi connectivity index (χ3n) is 4.91. The largest absolute Gasteiger partial charge is 0.487 e. The maximum absolute atomic E-state index is 11.5. The van der Waals surface area contributed by atoms with E-state index in [1.54, 1.807) is 0 Å². The highest BCUT2D eigenvalue weighted by atomic mass is 16.5. The lowest BCUT2D eigenvalue weighted by Gasteiger charge is -2.22. The van der Waals surface area contributed by atoms with E-state index in [2.05, 4.69) is 30.1 Å². The number of urea groups is 1. The molecular weight excluding hydrogens is 362 g/mol. The Kier molecular flexibility index (Phi) is 10.1. The molecule has 3 N–H and O–H groups in total. The van der Waals surface area contributed by atoms with E-state index in [4.69, 9.17) is 10.5 Å².